The Hall–Kier alpha value is -1.65. The highest BCUT2D eigenvalue weighted by atomic mass is 16.4. The van der Waals surface area contributed by atoms with Gasteiger partial charge in [0.05, 0.1) is 0 Å². The van der Waals surface area contributed by atoms with E-state index in [1.54, 1.807) is 0 Å². The average molecular weight is 194 g/mol. The van der Waals surface area contributed by atoms with Crippen LogP contribution >= 0.6 is 0 Å². The molecule has 0 saturated heterocycles. The first-order valence-corrected chi connectivity index (χ1v) is 4.52. The van der Waals surface area contributed by atoms with Crippen LogP contribution in [0.1, 0.15) is 29.2 Å². The number of nitrogens with zero attached hydrogens (tertiary/aromatic N) is 2. The molecule has 0 aromatic carbocycles. The lowest BCUT2D eigenvalue weighted by Gasteiger charge is -2.11. The highest BCUT2D eigenvalue weighted by Gasteiger charge is 2.21. The minimum atomic E-state index is -1.44. The number of rotatable bonds is 2. The molecule has 1 N–H and O–H groups in total. The summed E-state index contributed by atoms with van der Waals surface area (Å²) < 4.78 is 1.86. The van der Waals surface area contributed by atoms with Gasteiger partial charge in [-0.2, -0.15) is 0 Å². The smallest absolute Gasteiger partial charge is 0.378 e. The minimum Gasteiger partial charge on any atom is -0.475 e. The van der Waals surface area contributed by atoms with E-state index in [4.69, 9.17) is 5.11 Å². The highest BCUT2D eigenvalue weighted by Crippen LogP contribution is 2.14. The van der Waals surface area contributed by atoms with Gasteiger partial charge in [0.15, 0.2) is 0 Å². The summed E-state index contributed by atoms with van der Waals surface area (Å²) in [7, 11) is 0. The van der Waals surface area contributed by atoms with Crippen molar-refractivity contribution in [2.45, 2.75) is 25.8 Å². The van der Waals surface area contributed by atoms with Gasteiger partial charge >= 0.3 is 5.97 Å². The predicted octanol–water partition coefficient (Wildman–Crippen LogP) is 0.487. The van der Waals surface area contributed by atoms with Crippen molar-refractivity contribution in [1.29, 1.82) is 0 Å². The Morgan fingerprint density at radius 2 is 2.21 bits per heavy atom. The van der Waals surface area contributed by atoms with Crippen LogP contribution in [0.25, 0.3) is 0 Å². The number of carbonyl (C=O) groups is 2. The lowest BCUT2D eigenvalue weighted by Crippen LogP contribution is -2.13. The summed E-state index contributed by atoms with van der Waals surface area (Å²) in [5.41, 5.74) is 0.0504. The summed E-state index contributed by atoms with van der Waals surface area (Å²) in [6.07, 6.45) is 4.47. The number of carboxylic acids is 1. The first kappa shape index (κ1) is 8.93. The van der Waals surface area contributed by atoms with Crippen molar-refractivity contribution in [2.75, 3.05) is 0 Å². The molecule has 0 atom stereocenters. The lowest BCUT2D eigenvalue weighted by molar-refractivity contribution is -0.131. The zero-order chi connectivity index (χ0) is 10.1. The van der Waals surface area contributed by atoms with Crippen LogP contribution in [0.2, 0.25) is 0 Å². The first-order valence-electron chi connectivity index (χ1n) is 4.52. The number of fused-ring (bicyclic) bond motifs is 1. The molecule has 0 amide bonds. The molecule has 5 heteroatoms. The van der Waals surface area contributed by atoms with E-state index in [0.717, 1.165) is 31.6 Å². The van der Waals surface area contributed by atoms with Gasteiger partial charge in [-0.15, -0.1) is 0 Å². The molecule has 5 nitrogen and oxygen atoms in total. The average Bonchev–Trinajstić information content (AvgIpc) is 2.59. The van der Waals surface area contributed by atoms with Gasteiger partial charge in [0.2, 0.25) is 0 Å². The maximum atomic E-state index is 11.1. The van der Waals surface area contributed by atoms with Crippen molar-refractivity contribution in [3.05, 3.63) is 17.7 Å². The van der Waals surface area contributed by atoms with Gasteiger partial charge in [-0.05, 0) is 12.8 Å². The van der Waals surface area contributed by atoms with E-state index in [1.807, 2.05) is 4.57 Å². The quantitative estimate of drug-likeness (QED) is 0.549. The molecule has 14 heavy (non-hydrogen) atoms. The third-order valence-corrected chi connectivity index (χ3v) is 2.34. The van der Waals surface area contributed by atoms with E-state index in [1.165, 1.54) is 6.20 Å². The number of hydrogen-bond donors (Lipinski definition) is 1. The SMILES string of the molecule is O=C(O)C(=O)c1cn2c(n1)CCCC2. The zero-order valence-corrected chi connectivity index (χ0v) is 7.56. The summed E-state index contributed by atoms with van der Waals surface area (Å²) in [6, 6.07) is 0. The Balaban J connectivity index is 2.32. The Morgan fingerprint density at radius 3 is 2.86 bits per heavy atom. The molecular weight excluding hydrogens is 184 g/mol. The first-order chi connectivity index (χ1) is 6.68. The van der Waals surface area contributed by atoms with Crippen molar-refractivity contribution in [3.63, 3.8) is 0 Å². The van der Waals surface area contributed by atoms with Crippen molar-refractivity contribution in [1.82, 2.24) is 9.55 Å². The number of imidazole rings is 1. The number of aryl methyl sites for hydroxylation is 2. The van der Waals surface area contributed by atoms with Crippen LogP contribution in [-0.4, -0.2) is 26.4 Å². The van der Waals surface area contributed by atoms with E-state index in [0.29, 0.717) is 0 Å². The molecule has 0 aliphatic carbocycles. The van der Waals surface area contributed by atoms with Crippen molar-refractivity contribution < 1.29 is 14.7 Å². The Bertz CT molecular complexity index is 371. The predicted molar refractivity (Wildman–Crippen MR) is 47.1 cm³/mol. The monoisotopic (exact) mass is 194 g/mol. The second kappa shape index (κ2) is 3.25. The second-order valence-electron chi connectivity index (χ2n) is 3.33. The van der Waals surface area contributed by atoms with Crippen LogP contribution in [-0.2, 0) is 17.8 Å². The van der Waals surface area contributed by atoms with Crippen LogP contribution in [0.3, 0.4) is 0 Å². The summed E-state index contributed by atoms with van der Waals surface area (Å²) in [4.78, 5) is 25.5. The van der Waals surface area contributed by atoms with Gasteiger partial charge in [-0.25, -0.2) is 9.78 Å². The molecular formula is C9H10N2O3. The van der Waals surface area contributed by atoms with Crippen LogP contribution in [0, 0.1) is 0 Å². The Labute approximate surface area is 80.4 Å². The number of Topliss-reactive ketones (excluding diaryl/α,β-unsaturated/α-hetero) is 1. The standard InChI is InChI=1S/C9H10N2O3/c12-8(9(13)14)6-5-11-4-2-1-3-7(11)10-6/h5H,1-4H2,(H,13,14). The molecule has 2 rings (SSSR count). The van der Waals surface area contributed by atoms with Crippen LogP contribution in [0.15, 0.2) is 6.20 Å². The maximum absolute atomic E-state index is 11.1. The third kappa shape index (κ3) is 1.41. The zero-order valence-electron chi connectivity index (χ0n) is 7.56. The van der Waals surface area contributed by atoms with Gasteiger partial charge in [-0.1, -0.05) is 0 Å². The fourth-order valence-electron chi connectivity index (χ4n) is 1.63. The van der Waals surface area contributed by atoms with Gasteiger partial charge in [-0.3, -0.25) is 4.79 Å². The molecule has 0 fully saturated rings. The van der Waals surface area contributed by atoms with Crippen molar-refractivity contribution in [3.8, 4) is 0 Å². The fraction of sp³-hybridized carbons (Fsp3) is 0.444. The minimum absolute atomic E-state index is 0.0504. The molecule has 0 saturated carbocycles. The van der Waals surface area contributed by atoms with Crippen molar-refractivity contribution >= 4 is 11.8 Å². The number of aliphatic carboxylic acids is 1. The van der Waals surface area contributed by atoms with E-state index >= 15 is 0 Å². The van der Waals surface area contributed by atoms with E-state index < -0.39 is 11.8 Å². The van der Waals surface area contributed by atoms with E-state index in [2.05, 4.69) is 4.98 Å². The van der Waals surface area contributed by atoms with Crippen molar-refractivity contribution in [2.24, 2.45) is 0 Å². The highest BCUT2D eigenvalue weighted by molar-refractivity contribution is 6.39. The maximum Gasteiger partial charge on any atom is 0.378 e. The van der Waals surface area contributed by atoms with E-state index in [-0.39, 0.29) is 5.69 Å². The molecule has 2 heterocycles. The molecule has 1 aromatic heterocycles. The molecule has 1 aliphatic heterocycles. The van der Waals surface area contributed by atoms with E-state index in [9.17, 15) is 9.59 Å². The van der Waals surface area contributed by atoms with Crippen LogP contribution < -0.4 is 0 Å². The number of carboxylic acid groups (broad SMARTS) is 1. The largest absolute Gasteiger partial charge is 0.475 e. The number of hydrogen-bond acceptors (Lipinski definition) is 3. The molecule has 0 bridgehead atoms. The molecule has 0 radical (unpaired) electrons. The number of aromatic nitrogens is 2. The van der Waals surface area contributed by atoms with Gasteiger partial charge in [0.25, 0.3) is 5.78 Å². The molecule has 74 valence electrons. The van der Waals surface area contributed by atoms with Gasteiger partial charge < -0.3 is 9.67 Å². The Kier molecular flexibility index (Phi) is 2.07. The molecule has 0 spiro atoms. The fourth-order valence-corrected chi connectivity index (χ4v) is 1.63. The van der Waals surface area contributed by atoms with Crippen LogP contribution in [0.5, 0.6) is 0 Å². The third-order valence-electron chi connectivity index (χ3n) is 2.34. The molecule has 1 aliphatic rings. The molecule has 1 aromatic rings. The Morgan fingerprint density at radius 1 is 1.43 bits per heavy atom. The van der Waals surface area contributed by atoms with Gasteiger partial charge in [0, 0.05) is 19.2 Å². The normalized spacial score (nSPS) is 14.9. The summed E-state index contributed by atoms with van der Waals surface area (Å²) >= 11 is 0. The second-order valence-corrected chi connectivity index (χ2v) is 3.33. The summed E-state index contributed by atoms with van der Waals surface area (Å²) in [5, 5.41) is 8.50. The van der Waals surface area contributed by atoms with Crippen LogP contribution in [0.4, 0.5) is 0 Å². The topological polar surface area (TPSA) is 72.2 Å². The number of ketones is 1. The van der Waals surface area contributed by atoms with Gasteiger partial charge in [0.1, 0.15) is 11.5 Å². The summed E-state index contributed by atoms with van der Waals surface area (Å²) in [6.45, 7) is 0.829. The lowest BCUT2D eigenvalue weighted by atomic mass is 10.2. The summed E-state index contributed by atoms with van der Waals surface area (Å²) in [5.74, 6) is -1.55. The molecule has 0 unspecified atom stereocenters. The number of carbonyl (C=O) groups excluding carboxylic acids is 1.